The zero-order valence-corrected chi connectivity index (χ0v) is 9.78. The molecule has 1 aromatic carbocycles. The summed E-state index contributed by atoms with van der Waals surface area (Å²) in [7, 11) is 1.96. The summed E-state index contributed by atoms with van der Waals surface area (Å²) in [6.07, 6.45) is 0. The monoisotopic (exact) mass is 272 g/mol. The first-order valence-electron chi connectivity index (χ1n) is 4.66. The number of nitro benzene ring substituents is 2. The third-order valence-corrected chi connectivity index (χ3v) is 2.21. The quantitative estimate of drug-likeness (QED) is 0.485. The molecular weight excluding hydrogens is 264 g/mol. The molecule has 0 spiro atoms. The molecule has 0 bridgehead atoms. The Balaban J connectivity index is 3.83. The van der Waals surface area contributed by atoms with E-state index < -0.39 is 44.3 Å². The van der Waals surface area contributed by atoms with Crippen LogP contribution in [0.25, 0.3) is 0 Å². The Hall–Kier alpha value is -2.91. The van der Waals surface area contributed by atoms with Gasteiger partial charge in [0.15, 0.2) is 5.75 Å². The molecule has 0 saturated heterocycles. The van der Waals surface area contributed by atoms with Crippen LogP contribution in [0.4, 0.5) is 11.4 Å². The number of nitro groups is 2. The number of phenolic OH excluding ortho intramolecular Hbond substituents is 1. The minimum Gasteiger partial charge on any atom is -0.499 e. The molecule has 0 fully saturated rings. The average molecular weight is 272 g/mol. The first kappa shape index (κ1) is 14.2. The van der Waals surface area contributed by atoms with Gasteiger partial charge in [-0.1, -0.05) is 0 Å². The lowest BCUT2D eigenvalue weighted by Crippen LogP contribution is -2.10. The number of ether oxygens (including phenoxy) is 2. The highest BCUT2D eigenvalue weighted by atomic mass is 16.6. The van der Waals surface area contributed by atoms with Crippen LogP contribution in [-0.2, 0) is 4.74 Å². The Labute approximate surface area is 105 Å². The predicted molar refractivity (Wildman–Crippen MR) is 59.3 cm³/mol. The van der Waals surface area contributed by atoms with Gasteiger partial charge >= 0.3 is 11.7 Å². The third kappa shape index (κ3) is 2.36. The van der Waals surface area contributed by atoms with E-state index in [0.29, 0.717) is 6.07 Å². The van der Waals surface area contributed by atoms with Gasteiger partial charge in [-0.15, -0.1) is 0 Å². The summed E-state index contributed by atoms with van der Waals surface area (Å²) < 4.78 is 8.83. The number of rotatable bonds is 4. The van der Waals surface area contributed by atoms with Crippen LogP contribution in [0.5, 0.6) is 11.5 Å². The lowest BCUT2D eigenvalue weighted by molar-refractivity contribution is -0.395. The number of hydrogen-bond acceptors (Lipinski definition) is 8. The molecule has 0 aliphatic rings. The molecule has 1 N–H and O–H groups in total. The highest BCUT2D eigenvalue weighted by Gasteiger charge is 2.37. The van der Waals surface area contributed by atoms with Crippen molar-refractivity contribution in [2.24, 2.45) is 0 Å². The molecule has 0 radical (unpaired) electrons. The number of nitrogens with zero attached hydrogens (tertiary/aromatic N) is 2. The van der Waals surface area contributed by atoms with Crippen LogP contribution >= 0.6 is 0 Å². The van der Waals surface area contributed by atoms with Gasteiger partial charge in [-0.25, -0.2) is 4.79 Å². The lowest BCUT2D eigenvalue weighted by atomic mass is 10.1. The van der Waals surface area contributed by atoms with Gasteiger partial charge in [0.05, 0.1) is 30.1 Å². The maximum atomic E-state index is 11.4. The maximum Gasteiger partial charge on any atom is 0.352 e. The van der Waals surface area contributed by atoms with Gasteiger partial charge in [-0.3, -0.25) is 20.2 Å². The van der Waals surface area contributed by atoms with Crippen molar-refractivity contribution in [3.63, 3.8) is 0 Å². The van der Waals surface area contributed by atoms with E-state index in [-0.39, 0.29) is 0 Å². The van der Waals surface area contributed by atoms with E-state index in [1.807, 2.05) is 0 Å². The number of hydrogen-bond donors (Lipinski definition) is 1. The number of aromatic hydroxyl groups is 1. The van der Waals surface area contributed by atoms with Crippen LogP contribution in [0.1, 0.15) is 10.4 Å². The number of methoxy groups -OCH3 is 2. The van der Waals surface area contributed by atoms with Gasteiger partial charge < -0.3 is 14.6 Å². The van der Waals surface area contributed by atoms with Gasteiger partial charge in [0.2, 0.25) is 11.3 Å². The van der Waals surface area contributed by atoms with Crippen molar-refractivity contribution in [3.8, 4) is 11.5 Å². The SMILES string of the molecule is COC(=O)c1c([N+](=O)[O-])cc(OC)c(O)c1[N+](=O)[O-]. The summed E-state index contributed by atoms with van der Waals surface area (Å²) in [6.45, 7) is 0. The Kier molecular flexibility index (Phi) is 3.85. The molecule has 1 aromatic rings. The second-order valence-electron chi connectivity index (χ2n) is 3.18. The number of carbonyl (C=O) groups excluding carboxylic acids is 1. The van der Waals surface area contributed by atoms with Crippen LogP contribution in [0.15, 0.2) is 6.07 Å². The molecule has 1 rings (SSSR count). The third-order valence-electron chi connectivity index (χ3n) is 2.21. The molecule has 0 amide bonds. The number of carbonyl (C=O) groups is 1. The molecule has 0 saturated carbocycles. The second kappa shape index (κ2) is 5.16. The van der Waals surface area contributed by atoms with Crippen molar-refractivity contribution in [2.45, 2.75) is 0 Å². The minimum absolute atomic E-state index is 0.494. The smallest absolute Gasteiger partial charge is 0.352 e. The van der Waals surface area contributed by atoms with E-state index in [1.54, 1.807) is 0 Å². The average Bonchev–Trinajstić information content (AvgIpc) is 2.36. The van der Waals surface area contributed by atoms with Crippen molar-refractivity contribution in [1.82, 2.24) is 0 Å². The fourth-order valence-electron chi connectivity index (χ4n) is 1.40. The molecule has 102 valence electrons. The second-order valence-corrected chi connectivity index (χ2v) is 3.18. The van der Waals surface area contributed by atoms with Gasteiger partial charge in [0.25, 0.3) is 5.69 Å². The normalized spacial score (nSPS) is 9.79. The van der Waals surface area contributed by atoms with Crippen LogP contribution in [0, 0.1) is 20.2 Å². The molecule has 0 atom stereocenters. The minimum atomic E-state index is -1.31. The maximum absolute atomic E-state index is 11.4. The summed E-state index contributed by atoms with van der Waals surface area (Å²) in [5, 5.41) is 31.3. The number of phenols is 1. The first-order valence-corrected chi connectivity index (χ1v) is 4.66. The summed E-state index contributed by atoms with van der Waals surface area (Å²) in [6, 6.07) is 0.703. The zero-order valence-electron chi connectivity index (χ0n) is 9.78. The van der Waals surface area contributed by atoms with E-state index in [0.717, 1.165) is 14.2 Å². The Morgan fingerprint density at radius 1 is 1.26 bits per heavy atom. The van der Waals surface area contributed by atoms with E-state index in [2.05, 4.69) is 9.47 Å². The molecule has 10 nitrogen and oxygen atoms in total. The Morgan fingerprint density at radius 2 is 1.84 bits per heavy atom. The molecular formula is C9H8N2O8. The van der Waals surface area contributed by atoms with E-state index in [9.17, 15) is 30.1 Å². The van der Waals surface area contributed by atoms with E-state index >= 15 is 0 Å². The molecule has 0 aliphatic heterocycles. The fraction of sp³-hybridized carbons (Fsp3) is 0.222. The van der Waals surface area contributed by atoms with Gasteiger partial charge in [-0.05, 0) is 0 Å². The summed E-state index contributed by atoms with van der Waals surface area (Å²) in [5.41, 5.74) is -2.98. The summed E-state index contributed by atoms with van der Waals surface area (Å²) in [5.74, 6) is -2.79. The largest absolute Gasteiger partial charge is 0.499 e. The Bertz CT molecular complexity index is 568. The fourth-order valence-corrected chi connectivity index (χ4v) is 1.40. The number of benzene rings is 1. The predicted octanol–water partition coefficient (Wildman–Crippen LogP) is 1.00. The molecule has 0 unspecified atom stereocenters. The van der Waals surface area contributed by atoms with Crippen LogP contribution in [-0.4, -0.2) is 35.1 Å². The van der Waals surface area contributed by atoms with Crippen LogP contribution < -0.4 is 4.74 Å². The molecule has 19 heavy (non-hydrogen) atoms. The molecule has 0 aromatic heterocycles. The number of esters is 1. The standard InChI is InChI=1S/C9H8N2O8/c1-18-5-3-4(10(14)15)6(9(13)19-2)7(8(5)12)11(16)17/h3,12H,1-2H3. The highest BCUT2D eigenvalue weighted by Crippen LogP contribution is 2.43. The zero-order chi connectivity index (χ0) is 14.7. The van der Waals surface area contributed by atoms with Crippen molar-refractivity contribution < 1.29 is 29.2 Å². The van der Waals surface area contributed by atoms with E-state index in [1.165, 1.54) is 0 Å². The topological polar surface area (TPSA) is 142 Å². The lowest BCUT2D eigenvalue weighted by Gasteiger charge is -2.07. The molecule has 0 aliphatic carbocycles. The van der Waals surface area contributed by atoms with Gasteiger partial charge in [0, 0.05) is 0 Å². The van der Waals surface area contributed by atoms with Crippen molar-refractivity contribution >= 4 is 17.3 Å². The van der Waals surface area contributed by atoms with Crippen molar-refractivity contribution in [2.75, 3.05) is 14.2 Å². The summed E-state index contributed by atoms with van der Waals surface area (Å²) in [4.78, 5) is 31.0. The summed E-state index contributed by atoms with van der Waals surface area (Å²) >= 11 is 0. The van der Waals surface area contributed by atoms with Crippen molar-refractivity contribution in [3.05, 3.63) is 31.9 Å². The van der Waals surface area contributed by atoms with Crippen molar-refractivity contribution in [1.29, 1.82) is 0 Å². The van der Waals surface area contributed by atoms with Gasteiger partial charge in [-0.2, -0.15) is 0 Å². The molecule has 0 heterocycles. The Morgan fingerprint density at radius 3 is 2.21 bits per heavy atom. The van der Waals surface area contributed by atoms with E-state index in [4.69, 9.17) is 0 Å². The van der Waals surface area contributed by atoms with Crippen LogP contribution in [0.2, 0.25) is 0 Å². The van der Waals surface area contributed by atoms with Crippen LogP contribution in [0.3, 0.4) is 0 Å². The first-order chi connectivity index (χ1) is 8.84. The van der Waals surface area contributed by atoms with Gasteiger partial charge in [0.1, 0.15) is 0 Å². The highest BCUT2D eigenvalue weighted by molar-refractivity contribution is 6.00. The molecule has 10 heteroatoms.